The lowest BCUT2D eigenvalue weighted by molar-refractivity contribution is -0.384. The molecule has 30 heavy (non-hydrogen) atoms. The lowest BCUT2D eigenvalue weighted by atomic mass is 10.3. The number of urea groups is 1. The Hall–Kier alpha value is -3.99. The molecule has 0 bridgehead atoms. The normalized spacial score (nSPS) is 10.8. The number of benzene rings is 3. The summed E-state index contributed by atoms with van der Waals surface area (Å²) < 4.78 is 39.9. The Morgan fingerprint density at radius 2 is 1.27 bits per heavy atom. The van der Waals surface area contributed by atoms with Gasteiger partial charge in [0.2, 0.25) is 0 Å². The van der Waals surface area contributed by atoms with Crippen LogP contribution < -0.4 is 15.4 Å². The maximum absolute atomic E-state index is 13.0. The summed E-state index contributed by atoms with van der Waals surface area (Å²) in [6.07, 6.45) is 0. The van der Waals surface area contributed by atoms with E-state index in [1.807, 2.05) is 0 Å². The van der Waals surface area contributed by atoms with Gasteiger partial charge in [0.25, 0.3) is 15.7 Å². The monoisotopic (exact) mass is 430 g/mol. The summed E-state index contributed by atoms with van der Waals surface area (Å²) in [5.74, 6) is -0.545. The molecule has 154 valence electrons. The van der Waals surface area contributed by atoms with Crippen molar-refractivity contribution in [2.24, 2.45) is 0 Å². The highest BCUT2D eigenvalue weighted by molar-refractivity contribution is 7.92. The molecule has 0 fully saturated rings. The summed E-state index contributed by atoms with van der Waals surface area (Å²) >= 11 is 0. The van der Waals surface area contributed by atoms with E-state index in [1.54, 1.807) is 0 Å². The van der Waals surface area contributed by atoms with Crippen LogP contribution in [0, 0.1) is 15.9 Å². The number of nitro groups is 1. The summed E-state index contributed by atoms with van der Waals surface area (Å²) in [5, 5.41) is 15.7. The van der Waals surface area contributed by atoms with E-state index in [0.717, 1.165) is 24.3 Å². The average Bonchev–Trinajstić information content (AvgIpc) is 2.70. The minimum Gasteiger partial charge on any atom is -0.308 e. The highest BCUT2D eigenvalue weighted by Crippen LogP contribution is 2.19. The zero-order valence-electron chi connectivity index (χ0n) is 15.2. The van der Waals surface area contributed by atoms with Crippen molar-refractivity contribution >= 4 is 38.8 Å². The molecule has 0 aliphatic heterocycles. The number of halogens is 1. The number of nitrogens with one attached hydrogen (secondary N) is 3. The molecule has 0 saturated carbocycles. The van der Waals surface area contributed by atoms with Crippen LogP contribution in [-0.4, -0.2) is 19.4 Å². The summed E-state index contributed by atoms with van der Waals surface area (Å²) in [6, 6.07) is 15.0. The second-order valence-electron chi connectivity index (χ2n) is 6.02. The number of sulfonamides is 1. The molecule has 0 radical (unpaired) electrons. The SMILES string of the molecule is O=C(Nc1ccc(NS(=O)(=O)c2ccc(F)cc2)cc1)Nc1ccc([N+](=O)[O-])cc1. The minimum atomic E-state index is -3.88. The molecule has 9 nitrogen and oxygen atoms in total. The van der Waals surface area contributed by atoms with Crippen molar-refractivity contribution in [2.75, 3.05) is 15.4 Å². The number of hydrogen-bond donors (Lipinski definition) is 3. The first-order valence-corrected chi connectivity index (χ1v) is 9.92. The molecule has 11 heteroatoms. The number of anilines is 3. The Bertz CT molecular complexity index is 1170. The lowest BCUT2D eigenvalue weighted by Gasteiger charge is -2.10. The number of amides is 2. The molecule has 0 aromatic heterocycles. The molecule has 0 saturated heterocycles. The zero-order chi connectivity index (χ0) is 21.7. The molecule has 0 aliphatic carbocycles. The third-order valence-electron chi connectivity index (χ3n) is 3.85. The molecular formula is C19H15FN4O5S. The molecule has 0 aliphatic rings. The van der Waals surface area contributed by atoms with Crippen molar-refractivity contribution in [2.45, 2.75) is 4.90 Å². The first-order valence-electron chi connectivity index (χ1n) is 8.44. The second kappa shape index (κ2) is 8.57. The van der Waals surface area contributed by atoms with Gasteiger partial charge in [-0.05, 0) is 60.7 Å². The maximum atomic E-state index is 13.0. The molecule has 0 heterocycles. The van der Waals surface area contributed by atoms with Gasteiger partial charge in [0.15, 0.2) is 0 Å². The van der Waals surface area contributed by atoms with Gasteiger partial charge in [0.1, 0.15) is 5.82 Å². The standard InChI is InChI=1S/C19H15FN4O5S/c20-13-1-11-18(12-2-13)30(28,29)23-16-5-3-14(4-6-16)21-19(25)22-15-7-9-17(10-8-15)24(26)27/h1-12,23H,(H2,21,22,25). The molecular weight excluding hydrogens is 415 g/mol. The first-order chi connectivity index (χ1) is 14.2. The van der Waals surface area contributed by atoms with Gasteiger partial charge in [0.05, 0.1) is 9.82 Å². The molecule has 3 aromatic carbocycles. The topological polar surface area (TPSA) is 130 Å². The van der Waals surface area contributed by atoms with Crippen LogP contribution in [0.1, 0.15) is 0 Å². The fourth-order valence-electron chi connectivity index (χ4n) is 2.41. The van der Waals surface area contributed by atoms with Gasteiger partial charge in [-0.15, -0.1) is 0 Å². The molecule has 3 rings (SSSR count). The van der Waals surface area contributed by atoms with Crippen LogP contribution in [0.5, 0.6) is 0 Å². The maximum Gasteiger partial charge on any atom is 0.323 e. The number of non-ortho nitro benzene ring substituents is 1. The summed E-state index contributed by atoms with van der Waals surface area (Å²) in [7, 11) is -3.88. The van der Waals surface area contributed by atoms with E-state index in [0.29, 0.717) is 11.4 Å². The smallest absolute Gasteiger partial charge is 0.308 e. The summed E-state index contributed by atoms with van der Waals surface area (Å²) in [4.78, 5) is 22.0. The number of hydrogen-bond acceptors (Lipinski definition) is 5. The van der Waals surface area contributed by atoms with Gasteiger partial charge in [-0.1, -0.05) is 0 Å². The van der Waals surface area contributed by atoms with Gasteiger partial charge >= 0.3 is 6.03 Å². The van der Waals surface area contributed by atoms with Gasteiger partial charge in [-0.2, -0.15) is 0 Å². The van der Waals surface area contributed by atoms with E-state index in [2.05, 4.69) is 15.4 Å². The Morgan fingerprint density at radius 3 is 1.77 bits per heavy atom. The quantitative estimate of drug-likeness (QED) is 0.399. The van der Waals surface area contributed by atoms with Crippen molar-refractivity contribution in [1.29, 1.82) is 0 Å². The fraction of sp³-hybridized carbons (Fsp3) is 0. The van der Waals surface area contributed by atoms with Gasteiger partial charge in [-0.3, -0.25) is 14.8 Å². The van der Waals surface area contributed by atoms with Crippen LogP contribution in [0.3, 0.4) is 0 Å². The fourth-order valence-corrected chi connectivity index (χ4v) is 3.47. The van der Waals surface area contributed by atoms with Crippen LogP contribution in [-0.2, 0) is 10.0 Å². The van der Waals surface area contributed by atoms with E-state index in [9.17, 15) is 27.7 Å². The number of nitro benzene ring substituents is 1. The minimum absolute atomic E-state index is 0.0893. The third kappa shape index (κ3) is 5.29. The predicted molar refractivity (Wildman–Crippen MR) is 109 cm³/mol. The number of carbonyl (C=O) groups excluding carboxylic acids is 1. The van der Waals surface area contributed by atoms with E-state index in [-0.39, 0.29) is 16.3 Å². The second-order valence-corrected chi connectivity index (χ2v) is 7.70. The summed E-state index contributed by atoms with van der Waals surface area (Å²) in [5.41, 5.74) is 0.904. The molecule has 0 spiro atoms. The highest BCUT2D eigenvalue weighted by Gasteiger charge is 2.14. The molecule has 2 amide bonds. The Labute approximate surface area is 170 Å². The molecule has 3 aromatic rings. The Balaban J connectivity index is 1.60. The van der Waals surface area contributed by atoms with Crippen LogP contribution in [0.15, 0.2) is 77.7 Å². The lowest BCUT2D eigenvalue weighted by Crippen LogP contribution is -2.19. The van der Waals surface area contributed by atoms with E-state index in [1.165, 1.54) is 48.5 Å². The summed E-state index contributed by atoms with van der Waals surface area (Å²) in [6.45, 7) is 0. The zero-order valence-corrected chi connectivity index (χ0v) is 16.0. The van der Waals surface area contributed by atoms with Crippen molar-refractivity contribution in [3.63, 3.8) is 0 Å². The van der Waals surface area contributed by atoms with Crippen molar-refractivity contribution < 1.29 is 22.5 Å². The van der Waals surface area contributed by atoms with E-state index in [4.69, 9.17) is 0 Å². The number of carbonyl (C=O) groups is 1. The van der Waals surface area contributed by atoms with Crippen LogP contribution >= 0.6 is 0 Å². The first kappa shape index (κ1) is 20.7. The van der Waals surface area contributed by atoms with Gasteiger partial charge in [0, 0.05) is 29.2 Å². The number of rotatable bonds is 6. The van der Waals surface area contributed by atoms with Gasteiger partial charge < -0.3 is 10.6 Å². The average molecular weight is 430 g/mol. The van der Waals surface area contributed by atoms with Crippen molar-refractivity contribution in [1.82, 2.24) is 0 Å². The van der Waals surface area contributed by atoms with Gasteiger partial charge in [-0.25, -0.2) is 17.6 Å². The Morgan fingerprint density at radius 1 is 0.800 bits per heavy atom. The van der Waals surface area contributed by atoms with Crippen LogP contribution in [0.4, 0.5) is 31.9 Å². The van der Waals surface area contributed by atoms with Crippen molar-refractivity contribution in [3.05, 3.63) is 88.7 Å². The Kier molecular flexibility index (Phi) is 5.93. The molecule has 3 N–H and O–H groups in total. The van der Waals surface area contributed by atoms with E-state index >= 15 is 0 Å². The molecule has 0 atom stereocenters. The molecule has 0 unspecified atom stereocenters. The third-order valence-corrected chi connectivity index (χ3v) is 5.25. The van der Waals surface area contributed by atoms with Crippen LogP contribution in [0.25, 0.3) is 0 Å². The van der Waals surface area contributed by atoms with Crippen molar-refractivity contribution in [3.8, 4) is 0 Å². The highest BCUT2D eigenvalue weighted by atomic mass is 32.2. The predicted octanol–water partition coefficient (Wildman–Crippen LogP) is 4.18. The largest absolute Gasteiger partial charge is 0.323 e. The van der Waals surface area contributed by atoms with Crippen LogP contribution in [0.2, 0.25) is 0 Å². The number of nitrogens with zero attached hydrogens (tertiary/aromatic N) is 1. The van der Waals surface area contributed by atoms with E-state index < -0.39 is 26.8 Å².